The van der Waals surface area contributed by atoms with Crippen molar-refractivity contribution >= 4 is 5.97 Å². The molecule has 0 aliphatic carbocycles. The van der Waals surface area contributed by atoms with E-state index in [4.69, 9.17) is 14.6 Å². The van der Waals surface area contributed by atoms with Crippen LogP contribution in [0.3, 0.4) is 0 Å². The largest absolute Gasteiger partial charge is 0.479 e. The van der Waals surface area contributed by atoms with E-state index in [9.17, 15) is 4.79 Å². The van der Waals surface area contributed by atoms with Crippen LogP contribution in [0.2, 0.25) is 0 Å². The Bertz CT molecular complexity index is 135. The van der Waals surface area contributed by atoms with Gasteiger partial charge >= 0.3 is 5.97 Å². The van der Waals surface area contributed by atoms with Gasteiger partial charge in [-0.05, 0) is 20.8 Å². The molecule has 0 radical (unpaired) electrons. The van der Waals surface area contributed by atoms with Crippen molar-refractivity contribution in [2.75, 3.05) is 13.2 Å². The second-order valence-electron chi connectivity index (χ2n) is 2.59. The van der Waals surface area contributed by atoms with Crippen LogP contribution >= 0.6 is 0 Å². The lowest BCUT2D eigenvalue weighted by Crippen LogP contribution is -2.27. The molecule has 12 heavy (non-hydrogen) atoms. The maximum Gasteiger partial charge on any atom is 0.332 e. The molecule has 0 aromatic heterocycles. The lowest BCUT2D eigenvalue weighted by molar-refractivity contribution is -0.154. The number of carbonyl (C=O) groups is 1. The topological polar surface area (TPSA) is 55.8 Å². The van der Waals surface area contributed by atoms with Crippen molar-refractivity contribution in [1.82, 2.24) is 0 Å². The Kier molecular flexibility index (Phi) is 5.66. The van der Waals surface area contributed by atoms with Gasteiger partial charge in [-0.1, -0.05) is 0 Å². The minimum Gasteiger partial charge on any atom is -0.479 e. The number of hydrogen-bond donors (Lipinski definition) is 1. The lowest BCUT2D eigenvalue weighted by Gasteiger charge is -2.15. The van der Waals surface area contributed by atoms with E-state index < -0.39 is 12.1 Å². The fraction of sp³-hybridized carbons (Fsp3) is 0.875. The summed E-state index contributed by atoms with van der Waals surface area (Å²) in [6.07, 6.45) is -0.934. The van der Waals surface area contributed by atoms with E-state index in [1.54, 1.807) is 6.92 Å². The van der Waals surface area contributed by atoms with Gasteiger partial charge in [0, 0.05) is 6.61 Å². The third kappa shape index (κ3) is 5.09. The highest BCUT2D eigenvalue weighted by atomic mass is 16.5. The molecule has 4 nitrogen and oxygen atoms in total. The molecule has 0 aromatic carbocycles. The van der Waals surface area contributed by atoms with Crippen molar-refractivity contribution in [3.63, 3.8) is 0 Å². The van der Waals surface area contributed by atoms with Gasteiger partial charge in [-0.25, -0.2) is 4.79 Å². The molecule has 0 aromatic rings. The fourth-order valence-corrected chi connectivity index (χ4v) is 0.730. The molecule has 0 fully saturated rings. The van der Waals surface area contributed by atoms with Crippen molar-refractivity contribution < 1.29 is 19.4 Å². The van der Waals surface area contributed by atoms with Crippen molar-refractivity contribution in [2.24, 2.45) is 0 Å². The molecule has 72 valence electrons. The summed E-state index contributed by atoms with van der Waals surface area (Å²) in [6.45, 7) is 6.23. The molecule has 0 rings (SSSR count). The van der Waals surface area contributed by atoms with Gasteiger partial charge in [0.15, 0.2) is 6.10 Å². The van der Waals surface area contributed by atoms with Crippen LogP contribution in [-0.2, 0) is 14.3 Å². The van der Waals surface area contributed by atoms with Gasteiger partial charge in [-0.3, -0.25) is 0 Å². The van der Waals surface area contributed by atoms with Gasteiger partial charge in [0.25, 0.3) is 0 Å². The van der Waals surface area contributed by atoms with E-state index in [2.05, 4.69) is 0 Å². The highest BCUT2D eigenvalue weighted by molar-refractivity contribution is 5.71. The van der Waals surface area contributed by atoms with E-state index in [1.807, 2.05) is 6.92 Å². The molecule has 4 heteroatoms. The van der Waals surface area contributed by atoms with Crippen molar-refractivity contribution in [1.29, 1.82) is 0 Å². The zero-order valence-electron chi connectivity index (χ0n) is 7.74. The standard InChI is InChI=1S/C8H16O4/c1-4-11-5-6(2)12-7(3)8(9)10/h6-7H,4-5H2,1-3H3,(H,9,10)/t6?,7-/m1/s1. The molecule has 0 saturated heterocycles. The fourth-order valence-electron chi connectivity index (χ4n) is 0.730. The molecule has 0 bridgehead atoms. The van der Waals surface area contributed by atoms with Crippen LogP contribution in [0.25, 0.3) is 0 Å². The average molecular weight is 176 g/mol. The second-order valence-corrected chi connectivity index (χ2v) is 2.59. The first kappa shape index (κ1) is 11.4. The second kappa shape index (κ2) is 5.97. The Morgan fingerprint density at radius 3 is 2.50 bits per heavy atom. The molecule has 0 aliphatic heterocycles. The number of hydrogen-bond acceptors (Lipinski definition) is 3. The molecule has 0 heterocycles. The summed E-state index contributed by atoms with van der Waals surface area (Å²) < 4.78 is 10.1. The van der Waals surface area contributed by atoms with E-state index in [-0.39, 0.29) is 6.10 Å². The van der Waals surface area contributed by atoms with Crippen LogP contribution in [-0.4, -0.2) is 36.5 Å². The van der Waals surface area contributed by atoms with Crippen LogP contribution in [0.15, 0.2) is 0 Å². The third-order valence-electron chi connectivity index (χ3n) is 1.34. The Morgan fingerprint density at radius 1 is 1.50 bits per heavy atom. The Morgan fingerprint density at radius 2 is 2.08 bits per heavy atom. The number of rotatable bonds is 6. The monoisotopic (exact) mass is 176 g/mol. The van der Waals surface area contributed by atoms with Gasteiger partial charge in [0.05, 0.1) is 12.7 Å². The van der Waals surface area contributed by atoms with Crippen LogP contribution < -0.4 is 0 Å². The summed E-state index contributed by atoms with van der Waals surface area (Å²) in [4.78, 5) is 10.3. The maximum atomic E-state index is 10.3. The SMILES string of the molecule is CCOCC(C)O[C@H](C)C(=O)O. The molecule has 0 saturated carbocycles. The number of ether oxygens (including phenoxy) is 2. The molecule has 0 aliphatic rings. The molecule has 0 spiro atoms. The number of carboxylic acids is 1. The van der Waals surface area contributed by atoms with E-state index in [0.29, 0.717) is 13.2 Å². The average Bonchev–Trinajstić information content (AvgIpc) is 2.00. The highest BCUT2D eigenvalue weighted by Gasteiger charge is 2.14. The minimum absolute atomic E-state index is 0.170. The molecule has 1 N–H and O–H groups in total. The molecular weight excluding hydrogens is 160 g/mol. The normalized spacial score (nSPS) is 15.6. The van der Waals surface area contributed by atoms with E-state index in [0.717, 1.165) is 0 Å². The van der Waals surface area contributed by atoms with Crippen LogP contribution in [0.4, 0.5) is 0 Å². The van der Waals surface area contributed by atoms with E-state index in [1.165, 1.54) is 6.92 Å². The highest BCUT2D eigenvalue weighted by Crippen LogP contribution is 1.98. The predicted molar refractivity (Wildman–Crippen MR) is 44.1 cm³/mol. The van der Waals surface area contributed by atoms with Gasteiger partial charge in [-0.15, -0.1) is 0 Å². The number of carboxylic acid groups (broad SMARTS) is 1. The Hall–Kier alpha value is -0.610. The van der Waals surface area contributed by atoms with Crippen LogP contribution in [0.5, 0.6) is 0 Å². The van der Waals surface area contributed by atoms with E-state index >= 15 is 0 Å². The van der Waals surface area contributed by atoms with Crippen molar-refractivity contribution in [3.05, 3.63) is 0 Å². The van der Waals surface area contributed by atoms with Gasteiger partial charge in [0.2, 0.25) is 0 Å². The van der Waals surface area contributed by atoms with Crippen molar-refractivity contribution in [3.8, 4) is 0 Å². The first-order chi connectivity index (χ1) is 5.57. The Labute approximate surface area is 72.5 Å². The third-order valence-corrected chi connectivity index (χ3v) is 1.34. The van der Waals surface area contributed by atoms with Gasteiger partial charge in [0.1, 0.15) is 0 Å². The molecular formula is C8H16O4. The minimum atomic E-state index is -0.946. The molecule has 1 unspecified atom stereocenters. The summed E-state index contributed by atoms with van der Waals surface area (Å²) >= 11 is 0. The molecule has 2 atom stereocenters. The quantitative estimate of drug-likeness (QED) is 0.653. The van der Waals surface area contributed by atoms with Gasteiger partial charge in [-0.2, -0.15) is 0 Å². The first-order valence-corrected chi connectivity index (χ1v) is 4.04. The number of aliphatic carboxylic acids is 1. The summed E-state index contributed by atoms with van der Waals surface area (Å²) in [5.74, 6) is -0.946. The van der Waals surface area contributed by atoms with Crippen LogP contribution in [0.1, 0.15) is 20.8 Å². The molecule has 0 amide bonds. The smallest absolute Gasteiger partial charge is 0.332 e. The summed E-state index contributed by atoms with van der Waals surface area (Å²) in [5, 5.41) is 8.49. The van der Waals surface area contributed by atoms with Gasteiger partial charge < -0.3 is 14.6 Å². The maximum absolute atomic E-state index is 10.3. The Balaban J connectivity index is 3.53. The summed E-state index contributed by atoms with van der Waals surface area (Å²) in [6, 6.07) is 0. The first-order valence-electron chi connectivity index (χ1n) is 4.04. The predicted octanol–water partition coefficient (Wildman–Crippen LogP) is 0.901. The summed E-state index contributed by atoms with van der Waals surface area (Å²) in [7, 11) is 0. The van der Waals surface area contributed by atoms with Crippen molar-refractivity contribution in [2.45, 2.75) is 33.0 Å². The van der Waals surface area contributed by atoms with Crippen LogP contribution in [0, 0.1) is 0 Å². The summed E-state index contributed by atoms with van der Waals surface area (Å²) in [5.41, 5.74) is 0. The zero-order valence-corrected chi connectivity index (χ0v) is 7.74. The zero-order chi connectivity index (χ0) is 9.56. The lowest BCUT2D eigenvalue weighted by atomic mass is 10.4.